The number of alkyl halides is 3. The maximum atomic E-state index is 13.0. The zero-order chi connectivity index (χ0) is 14.6. The summed E-state index contributed by atoms with van der Waals surface area (Å²) in [5.41, 5.74) is -0.528. The van der Waals surface area contributed by atoms with Crippen LogP contribution in [0.15, 0.2) is 18.2 Å². The Kier molecular flexibility index (Phi) is 5.19. The van der Waals surface area contributed by atoms with Crippen molar-refractivity contribution in [2.24, 2.45) is 0 Å². The second-order valence-corrected chi connectivity index (χ2v) is 5.81. The lowest BCUT2D eigenvalue weighted by atomic mass is 9.96. The molecule has 0 atom stereocenters. The molecule has 1 fully saturated rings. The second-order valence-electron chi connectivity index (χ2n) is 5.37. The fourth-order valence-electron chi connectivity index (χ4n) is 2.70. The fraction of sp³-hybridized carbons (Fsp3) is 0.600. The molecule has 0 unspecified atom stereocenters. The van der Waals surface area contributed by atoms with E-state index in [9.17, 15) is 13.2 Å². The van der Waals surface area contributed by atoms with Crippen LogP contribution in [-0.4, -0.2) is 6.04 Å². The van der Waals surface area contributed by atoms with Gasteiger partial charge in [0.05, 0.1) is 5.56 Å². The molecular formula is C15H19ClF3N. The molecule has 1 aliphatic rings. The van der Waals surface area contributed by atoms with Crippen LogP contribution in [0, 0.1) is 0 Å². The van der Waals surface area contributed by atoms with Gasteiger partial charge in [0.15, 0.2) is 0 Å². The third-order valence-corrected chi connectivity index (χ3v) is 3.99. The first kappa shape index (κ1) is 15.5. The summed E-state index contributed by atoms with van der Waals surface area (Å²) >= 11 is 5.69. The van der Waals surface area contributed by atoms with Gasteiger partial charge in [0.25, 0.3) is 0 Å². The monoisotopic (exact) mass is 305 g/mol. The highest BCUT2D eigenvalue weighted by molar-refractivity contribution is 6.30. The van der Waals surface area contributed by atoms with Gasteiger partial charge in [0.1, 0.15) is 0 Å². The molecule has 2 rings (SSSR count). The van der Waals surface area contributed by atoms with Gasteiger partial charge in [-0.3, -0.25) is 0 Å². The van der Waals surface area contributed by atoms with Gasteiger partial charge < -0.3 is 5.32 Å². The smallest absolute Gasteiger partial charge is 0.382 e. The SMILES string of the molecule is FC(F)(F)c1cc(Cl)ccc1NC1CCCCCCC1. The first-order chi connectivity index (χ1) is 9.47. The molecule has 0 spiro atoms. The van der Waals surface area contributed by atoms with Crippen molar-refractivity contribution in [2.45, 2.75) is 57.2 Å². The molecule has 0 heterocycles. The molecule has 0 aromatic heterocycles. The fourth-order valence-corrected chi connectivity index (χ4v) is 2.87. The number of rotatable bonds is 2. The number of benzene rings is 1. The van der Waals surface area contributed by atoms with Gasteiger partial charge in [-0.2, -0.15) is 13.2 Å². The van der Waals surface area contributed by atoms with Crippen molar-refractivity contribution in [1.29, 1.82) is 0 Å². The van der Waals surface area contributed by atoms with E-state index in [0.717, 1.165) is 31.7 Å². The van der Waals surface area contributed by atoms with E-state index >= 15 is 0 Å². The predicted octanol–water partition coefficient (Wildman–Crippen LogP) is 5.88. The Balaban J connectivity index is 2.15. The summed E-state index contributed by atoms with van der Waals surface area (Å²) in [6.45, 7) is 0. The second kappa shape index (κ2) is 6.70. The number of anilines is 1. The summed E-state index contributed by atoms with van der Waals surface area (Å²) in [7, 11) is 0. The number of hydrogen-bond donors (Lipinski definition) is 1. The van der Waals surface area contributed by atoms with Crippen LogP contribution >= 0.6 is 11.6 Å². The van der Waals surface area contributed by atoms with Gasteiger partial charge in [-0.1, -0.05) is 43.7 Å². The lowest BCUT2D eigenvalue weighted by Gasteiger charge is -2.24. The van der Waals surface area contributed by atoms with E-state index in [2.05, 4.69) is 5.32 Å². The number of nitrogens with one attached hydrogen (secondary N) is 1. The Labute approximate surface area is 122 Å². The third-order valence-electron chi connectivity index (χ3n) is 3.75. The maximum Gasteiger partial charge on any atom is 0.418 e. The van der Waals surface area contributed by atoms with E-state index in [0.29, 0.717) is 0 Å². The van der Waals surface area contributed by atoms with E-state index < -0.39 is 11.7 Å². The predicted molar refractivity (Wildman–Crippen MR) is 76.2 cm³/mol. The van der Waals surface area contributed by atoms with Crippen molar-refractivity contribution < 1.29 is 13.2 Å². The molecule has 0 radical (unpaired) electrons. The van der Waals surface area contributed by atoms with Crippen molar-refractivity contribution >= 4 is 17.3 Å². The van der Waals surface area contributed by atoms with Crippen LogP contribution in [0.25, 0.3) is 0 Å². The van der Waals surface area contributed by atoms with Crippen molar-refractivity contribution in [1.82, 2.24) is 0 Å². The van der Waals surface area contributed by atoms with E-state index in [1.165, 1.54) is 31.4 Å². The minimum atomic E-state index is -4.38. The average molecular weight is 306 g/mol. The molecule has 1 aliphatic carbocycles. The number of halogens is 4. The average Bonchev–Trinajstić information content (AvgIpc) is 2.33. The Bertz CT molecular complexity index is 437. The highest BCUT2D eigenvalue weighted by atomic mass is 35.5. The van der Waals surface area contributed by atoms with Gasteiger partial charge in [-0.05, 0) is 31.0 Å². The lowest BCUT2D eigenvalue weighted by Crippen LogP contribution is -2.22. The molecule has 0 aliphatic heterocycles. The highest BCUT2D eigenvalue weighted by Gasteiger charge is 2.34. The normalized spacial score (nSPS) is 18.4. The van der Waals surface area contributed by atoms with Gasteiger partial charge >= 0.3 is 6.18 Å². The first-order valence-corrected chi connectivity index (χ1v) is 7.48. The van der Waals surface area contributed by atoms with Crippen LogP contribution in [0.5, 0.6) is 0 Å². The van der Waals surface area contributed by atoms with Crippen molar-refractivity contribution in [3.63, 3.8) is 0 Å². The van der Waals surface area contributed by atoms with Crippen LogP contribution in [0.1, 0.15) is 50.5 Å². The standard InChI is InChI=1S/C15H19ClF3N/c16-11-8-9-14(13(10-11)15(17,18)19)20-12-6-4-2-1-3-5-7-12/h8-10,12,20H,1-7H2. The maximum absolute atomic E-state index is 13.0. The van der Waals surface area contributed by atoms with Crippen LogP contribution in [0.4, 0.5) is 18.9 Å². The molecule has 1 nitrogen and oxygen atoms in total. The minimum absolute atomic E-state index is 0.112. The van der Waals surface area contributed by atoms with Crippen LogP contribution in [-0.2, 0) is 6.18 Å². The zero-order valence-corrected chi connectivity index (χ0v) is 12.0. The Morgan fingerprint density at radius 3 is 2.20 bits per heavy atom. The van der Waals surface area contributed by atoms with Crippen LogP contribution in [0.2, 0.25) is 5.02 Å². The van der Waals surface area contributed by atoms with Crippen molar-refractivity contribution in [2.75, 3.05) is 5.32 Å². The van der Waals surface area contributed by atoms with E-state index in [1.807, 2.05) is 0 Å². The summed E-state index contributed by atoms with van der Waals surface area (Å²) in [6, 6.07) is 4.05. The summed E-state index contributed by atoms with van der Waals surface area (Å²) in [5.74, 6) is 0. The van der Waals surface area contributed by atoms with Gasteiger partial charge in [0.2, 0.25) is 0 Å². The molecule has 0 amide bonds. The molecule has 1 N–H and O–H groups in total. The van der Waals surface area contributed by atoms with Crippen molar-refractivity contribution in [3.8, 4) is 0 Å². The van der Waals surface area contributed by atoms with E-state index in [-0.39, 0.29) is 16.8 Å². The molecule has 20 heavy (non-hydrogen) atoms. The minimum Gasteiger partial charge on any atom is -0.382 e. The zero-order valence-electron chi connectivity index (χ0n) is 11.3. The summed E-state index contributed by atoms with van der Waals surface area (Å²) in [5, 5.41) is 3.18. The molecule has 0 saturated heterocycles. The Morgan fingerprint density at radius 2 is 1.60 bits per heavy atom. The molecule has 0 bridgehead atoms. The van der Waals surface area contributed by atoms with Gasteiger partial charge in [-0.15, -0.1) is 0 Å². The molecule has 1 aromatic rings. The first-order valence-electron chi connectivity index (χ1n) is 7.10. The molecule has 112 valence electrons. The van der Waals surface area contributed by atoms with Crippen LogP contribution in [0.3, 0.4) is 0 Å². The van der Waals surface area contributed by atoms with Gasteiger partial charge in [0, 0.05) is 16.8 Å². The van der Waals surface area contributed by atoms with E-state index in [1.54, 1.807) is 0 Å². The van der Waals surface area contributed by atoms with Gasteiger partial charge in [-0.25, -0.2) is 0 Å². The summed E-state index contributed by atoms with van der Waals surface area (Å²) < 4.78 is 39.1. The lowest BCUT2D eigenvalue weighted by molar-refractivity contribution is -0.137. The quantitative estimate of drug-likeness (QED) is 0.719. The molecular weight excluding hydrogens is 287 g/mol. The largest absolute Gasteiger partial charge is 0.418 e. The summed E-state index contributed by atoms with van der Waals surface area (Å²) in [4.78, 5) is 0. The Morgan fingerprint density at radius 1 is 1.00 bits per heavy atom. The highest BCUT2D eigenvalue weighted by Crippen LogP contribution is 2.37. The number of hydrogen-bond acceptors (Lipinski definition) is 1. The van der Waals surface area contributed by atoms with Crippen molar-refractivity contribution in [3.05, 3.63) is 28.8 Å². The topological polar surface area (TPSA) is 12.0 Å². The Hall–Kier alpha value is -0.900. The summed E-state index contributed by atoms with van der Waals surface area (Å²) in [6.07, 6.45) is 3.21. The molecule has 5 heteroatoms. The van der Waals surface area contributed by atoms with Crippen LogP contribution < -0.4 is 5.32 Å². The van der Waals surface area contributed by atoms with E-state index in [4.69, 9.17) is 11.6 Å². The molecule has 1 saturated carbocycles. The molecule has 1 aromatic carbocycles. The third kappa shape index (κ3) is 4.30.